The molecule has 0 spiro atoms. The molecule has 0 aliphatic rings. The molecule has 0 saturated carbocycles. The van der Waals surface area contributed by atoms with E-state index in [4.69, 9.17) is 10.3 Å². The first-order chi connectivity index (χ1) is 8.81. The summed E-state index contributed by atoms with van der Waals surface area (Å²) in [4.78, 5) is 10.6. The summed E-state index contributed by atoms with van der Waals surface area (Å²) >= 11 is 0. The standard InChI is InChI=1S/C12H17N5O/c1-2-17(9-11-4-3-5-18-11)8-10-6-15-12(16-13)7-14-10/h3-7H,2,8-9,13H2,1H3,(H,15,16). The third-order valence-corrected chi connectivity index (χ3v) is 2.65. The van der Waals surface area contributed by atoms with E-state index >= 15 is 0 Å². The Hall–Kier alpha value is -1.92. The molecule has 0 radical (unpaired) electrons. The van der Waals surface area contributed by atoms with Crippen LogP contribution in [0.4, 0.5) is 5.82 Å². The zero-order valence-corrected chi connectivity index (χ0v) is 10.3. The molecule has 0 aliphatic heterocycles. The van der Waals surface area contributed by atoms with E-state index in [0.717, 1.165) is 31.1 Å². The van der Waals surface area contributed by atoms with Gasteiger partial charge in [-0.2, -0.15) is 0 Å². The molecule has 2 heterocycles. The van der Waals surface area contributed by atoms with E-state index in [1.54, 1.807) is 18.7 Å². The predicted molar refractivity (Wildman–Crippen MR) is 68.3 cm³/mol. The van der Waals surface area contributed by atoms with E-state index in [0.29, 0.717) is 5.82 Å². The van der Waals surface area contributed by atoms with Crippen LogP contribution in [-0.4, -0.2) is 21.4 Å². The fraction of sp³-hybridized carbons (Fsp3) is 0.333. The minimum absolute atomic E-state index is 0.563. The number of rotatable bonds is 6. The summed E-state index contributed by atoms with van der Waals surface area (Å²) in [6.07, 6.45) is 5.03. The number of nitrogen functional groups attached to an aromatic ring is 1. The summed E-state index contributed by atoms with van der Waals surface area (Å²) in [5.41, 5.74) is 3.36. The number of hydrazine groups is 1. The van der Waals surface area contributed by atoms with E-state index in [9.17, 15) is 0 Å². The maximum absolute atomic E-state index is 5.34. The van der Waals surface area contributed by atoms with Crippen molar-refractivity contribution in [1.82, 2.24) is 14.9 Å². The molecule has 0 bridgehead atoms. The van der Waals surface area contributed by atoms with Crippen LogP contribution in [0.1, 0.15) is 18.4 Å². The van der Waals surface area contributed by atoms with Gasteiger partial charge in [0.05, 0.1) is 30.9 Å². The average molecular weight is 247 g/mol. The Morgan fingerprint density at radius 3 is 2.78 bits per heavy atom. The van der Waals surface area contributed by atoms with Crippen LogP contribution >= 0.6 is 0 Å². The predicted octanol–water partition coefficient (Wildman–Crippen LogP) is 1.38. The van der Waals surface area contributed by atoms with Crippen molar-refractivity contribution < 1.29 is 4.42 Å². The first-order valence-corrected chi connectivity index (χ1v) is 5.84. The molecule has 0 aliphatic carbocycles. The topological polar surface area (TPSA) is 80.2 Å². The van der Waals surface area contributed by atoms with Crippen LogP contribution in [0, 0.1) is 0 Å². The number of hydrogen-bond acceptors (Lipinski definition) is 6. The van der Waals surface area contributed by atoms with Gasteiger partial charge >= 0.3 is 0 Å². The number of hydrogen-bond donors (Lipinski definition) is 2. The molecule has 6 nitrogen and oxygen atoms in total. The summed E-state index contributed by atoms with van der Waals surface area (Å²) in [6, 6.07) is 3.86. The maximum Gasteiger partial charge on any atom is 0.158 e. The molecule has 0 aromatic carbocycles. The summed E-state index contributed by atoms with van der Waals surface area (Å²) in [5.74, 6) is 6.75. The molecule has 0 fully saturated rings. The molecule has 0 saturated heterocycles. The van der Waals surface area contributed by atoms with Crippen molar-refractivity contribution in [3.05, 3.63) is 42.2 Å². The van der Waals surface area contributed by atoms with Crippen molar-refractivity contribution in [2.24, 2.45) is 5.84 Å². The minimum atomic E-state index is 0.563. The lowest BCUT2D eigenvalue weighted by atomic mass is 10.3. The average Bonchev–Trinajstić information content (AvgIpc) is 2.91. The van der Waals surface area contributed by atoms with Gasteiger partial charge in [-0.1, -0.05) is 6.92 Å². The molecular formula is C12H17N5O. The van der Waals surface area contributed by atoms with Crippen molar-refractivity contribution in [2.75, 3.05) is 12.0 Å². The molecule has 96 valence electrons. The second kappa shape index (κ2) is 6.13. The van der Waals surface area contributed by atoms with Gasteiger partial charge in [0, 0.05) is 6.54 Å². The third-order valence-electron chi connectivity index (χ3n) is 2.65. The molecule has 0 amide bonds. The first kappa shape index (κ1) is 12.5. The molecule has 2 aromatic heterocycles. The van der Waals surface area contributed by atoms with Gasteiger partial charge in [0.2, 0.25) is 0 Å². The quantitative estimate of drug-likeness (QED) is 0.593. The number of nitrogens with two attached hydrogens (primary N) is 1. The second-order valence-electron chi connectivity index (χ2n) is 3.92. The SMILES string of the molecule is CCN(Cc1cnc(NN)cn1)Cc1ccco1. The van der Waals surface area contributed by atoms with Gasteiger partial charge in [0.15, 0.2) is 5.82 Å². The van der Waals surface area contributed by atoms with Crippen molar-refractivity contribution in [3.8, 4) is 0 Å². The van der Waals surface area contributed by atoms with Crippen molar-refractivity contribution in [2.45, 2.75) is 20.0 Å². The van der Waals surface area contributed by atoms with E-state index < -0.39 is 0 Å². The van der Waals surface area contributed by atoms with Crippen LogP contribution in [0.15, 0.2) is 35.2 Å². The van der Waals surface area contributed by atoms with Crippen molar-refractivity contribution in [1.29, 1.82) is 0 Å². The smallest absolute Gasteiger partial charge is 0.158 e. The molecule has 2 aromatic rings. The Morgan fingerprint density at radius 1 is 1.33 bits per heavy atom. The Morgan fingerprint density at radius 2 is 2.22 bits per heavy atom. The third kappa shape index (κ3) is 3.28. The molecule has 18 heavy (non-hydrogen) atoms. The van der Waals surface area contributed by atoms with Crippen molar-refractivity contribution in [3.63, 3.8) is 0 Å². The first-order valence-electron chi connectivity index (χ1n) is 5.84. The largest absolute Gasteiger partial charge is 0.468 e. The molecular weight excluding hydrogens is 230 g/mol. The molecule has 6 heteroatoms. The Kier molecular flexibility index (Phi) is 4.27. The van der Waals surface area contributed by atoms with Crippen LogP contribution < -0.4 is 11.3 Å². The van der Waals surface area contributed by atoms with Gasteiger partial charge < -0.3 is 9.84 Å². The lowest BCUT2D eigenvalue weighted by molar-refractivity contribution is 0.245. The number of anilines is 1. The molecule has 2 rings (SSSR count). The highest BCUT2D eigenvalue weighted by Gasteiger charge is 2.07. The Bertz CT molecular complexity index is 454. The number of furan rings is 1. The van der Waals surface area contributed by atoms with Gasteiger partial charge in [-0.05, 0) is 18.7 Å². The highest BCUT2D eigenvalue weighted by atomic mass is 16.3. The lowest BCUT2D eigenvalue weighted by Crippen LogP contribution is -2.22. The van der Waals surface area contributed by atoms with E-state index in [2.05, 4.69) is 27.2 Å². The number of nitrogens with one attached hydrogen (secondary N) is 1. The number of aromatic nitrogens is 2. The fourth-order valence-electron chi connectivity index (χ4n) is 1.64. The summed E-state index contributed by atoms with van der Waals surface area (Å²) < 4.78 is 5.34. The van der Waals surface area contributed by atoms with Gasteiger partial charge in [-0.25, -0.2) is 10.8 Å². The van der Waals surface area contributed by atoms with E-state index in [1.807, 2.05) is 12.1 Å². The van der Waals surface area contributed by atoms with Crippen LogP contribution in [0.25, 0.3) is 0 Å². The molecule has 0 atom stereocenters. The van der Waals surface area contributed by atoms with Gasteiger partial charge in [-0.15, -0.1) is 0 Å². The van der Waals surface area contributed by atoms with Crippen LogP contribution in [0.2, 0.25) is 0 Å². The van der Waals surface area contributed by atoms with Crippen LogP contribution in [-0.2, 0) is 13.1 Å². The maximum atomic E-state index is 5.34. The van der Waals surface area contributed by atoms with E-state index in [-0.39, 0.29) is 0 Å². The number of nitrogens with zero attached hydrogens (tertiary/aromatic N) is 3. The summed E-state index contributed by atoms with van der Waals surface area (Å²) in [5, 5.41) is 0. The molecule has 0 unspecified atom stereocenters. The zero-order chi connectivity index (χ0) is 12.8. The summed E-state index contributed by atoms with van der Waals surface area (Å²) in [6.45, 7) is 4.52. The highest BCUT2D eigenvalue weighted by Crippen LogP contribution is 2.09. The van der Waals surface area contributed by atoms with Crippen LogP contribution in [0.3, 0.4) is 0 Å². The fourth-order valence-corrected chi connectivity index (χ4v) is 1.64. The highest BCUT2D eigenvalue weighted by molar-refractivity contribution is 5.28. The second-order valence-corrected chi connectivity index (χ2v) is 3.92. The lowest BCUT2D eigenvalue weighted by Gasteiger charge is -2.18. The Balaban J connectivity index is 1.96. The normalized spacial score (nSPS) is 10.8. The van der Waals surface area contributed by atoms with Gasteiger partial charge in [-0.3, -0.25) is 9.88 Å². The summed E-state index contributed by atoms with van der Waals surface area (Å²) in [7, 11) is 0. The molecule has 3 N–H and O–H groups in total. The zero-order valence-electron chi connectivity index (χ0n) is 10.3. The van der Waals surface area contributed by atoms with Crippen LogP contribution in [0.5, 0.6) is 0 Å². The Labute approximate surface area is 106 Å². The minimum Gasteiger partial charge on any atom is -0.468 e. The van der Waals surface area contributed by atoms with Gasteiger partial charge in [0.25, 0.3) is 0 Å². The van der Waals surface area contributed by atoms with E-state index in [1.165, 1.54) is 0 Å². The van der Waals surface area contributed by atoms with Crippen molar-refractivity contribution >= 4 is 5.82 Å². The van der Waals surface area contributed by atoms with Gasteiger partial charge in [0.1, 0.15) is 5.76 Å². The monoisotopic (exact) mass is 247 g/mol.